The molecule has 1 saturated carbocycles. The number of carbonyl (C=O) groups excluding carboxylic acids is 1. The van der Waals surface area contributed by atoms with Gasteiger partial charge in [0.25, 0.3) is 0 Å². The van der Waals surface area contributed by atoms with E-state index in [1.807, 2.05) is 0 Å². The number of hydrogen-bond donors (Lipinski definition) is 6. The number of methoxy groups -OCH3 is 2. The van der Waals surface area contributed by atoms with Crippen LogP contribution in [0.5, 0.6) is 5.88 Å². The molecule has 7 unspecified atom stereocenters. The lowest BCUT2D eigenvalue weighted by Crippen LogP contribution is -2.45. The maximum absolute atomic E-state index is 13.1. The zero-order valence-corrected chi connectivity index (χ0v) is 23.5. The summed E-state index contributed by atoms with van der Waals surface area (Å²) >= 11 is 0. The number of nitrogens with two attached hydrogens (primary N) is 3. The Morgan fingerprint density at radius 3 is 2.55 bits per heavy atom. The van der Waals surface area contributed by atoms with Crippen molar-refractivity contribution < 1.29 is 38.3 Å². The van der Waals surface area contributed by atoms with E-state index in [-0.39, 0.29) is 29.9 Å². The molecule has 15 nitrogen and oxygen atoms in total. The van der Waals surface area contributed by atoms with E-state index in [2.05, 4.69) is 20.0 Å². The molecule has 7 atom stereocenters. The summed E-state index contributed by atoms with van der Waals surface area (Å²) in [6, 6.07) is 7.27. The van der Waals surface area contributed by atoms with E-state index < -0.39 is 55.9 Å². The number of aliphatic imine (C=N–C) groups is 1. The molecule has 0 aliphatic heterocycles. The SMILES string of the molecule is CCOC(=O)C(NP(N)(=O)OCC(OC)C(O)C1(O)C(C)C1/C=N\c1c(N)nc(N)nc1OC)c1ccccc1. The number of rotatable bonds is 14. The molecule has 220 valence electrons. The van der Waals surface area contributed by atoms with E-state index in [0.29, 0.717) is 5.56 Å². The smallest absolute Gasteiger partial charge is 0.339 e. The fourth-order valence-corrected chi connectivity index (χ4v) is 5.38. The van der Waals surface area contributed by atoms with Crippen molar-refractivity contribution in [3.05, 3.63) is 35.9 Å². The van der Waals surface area contributed by atoms with Crippen molar-refractivity contribution in [3.8, 4) is 5.88 Å². The van der Waals surface area contributed by atoms with Crippen LogP contribution < -0.4 is 26.8 Å². The van der Waals surface area contributed by atoms with Crippen molar-refractivity contribution in [2.75, 3.05) is 38.9 Å². The second-order valence-corrected chi connectivity index (χ2v) is 10.9. The van der Waals surface area contributed by atoms with E-state index >= 15 is 0 Å². The predicted molar refractivity (Wildman–Crippen MR) is 147 cm³/mol. The molecular weight excluding hydrogens is 545 g/mol. The van der Waals surface area contributed by atoms with Crippen LogP contribution in [0.1, 0.15) is 25.5 Å². The van der Waals surface area contributed by atoms with Gasteiger partial charge in [-0.05, 0) is 18.4 Å². The lowest BCUT2D eigenvalue weighted by Gasteiger charge is -2.28. The highest BCUT2D eigenvalue weighted by Gasteiger charge is 2.66. The second-order valence-electron chi connectivity index (χ2n) is 9.14. The third-order valence-electron chi connectivity index (χ3n) is 6.67. The average molecular weight is 582 g/mol. The average Bonchev–Trinajstić information content (AvgIpc) is 3.46. The quantitative estimate of drug-likeness (QED) is 0.102. The van der Waals surface area contributed by atoms with Gasteiger partial charge in [0.1, 0.15) is 23.9 Å². The number of nitrogens with one attached hydrogen (secondary N) is 1. The minimum Gasteiger partial charge on any atom is -0.479 e. The molecule has 1 aliphatic carbocycles. The molecule has 1 aromatic carbocycles. The minimum absolute atomic E-state index is 0.0241. The van der Waals surface area contributed by atoms with Crippen LogP contribution in [0, 0.1) is 11.8 Å². The molecule has 0 bridgehead atoms. The fraction of sp³-hybridized carbons (Fsp3) is 0.500. The van der Waals surface area contributed by atoms with Gasteiger partial charge in [-0.1, -0.05) is 37.3 Å². The Bertz CT molecular complexity index is 1250. The van der Waals surface area contributed by atoms with Crippen molar-refractivity contribution in [2.45, 2.75) is 37.7 Å². The summed E-state index contributed by atoms with van der Waals surface area (Å²) in [4.78, 5) is 24.5. The maximum Gasteiger partial charge on any atom is 0.339 e. The Labute approximate surface area is 231 Å². The van der Waals surface area contributed by atoms with Gasteiger partial charge in [0.15, 0.2) is 11.5 Å². The van der Waals surface area contributed by atoms with E-state index in [0.717, 1.165) is 0 Å². The first-order valence-corrected chi connectivity index (χ1v) is 14.1. The van der Waals surface area contributed by atoms with E-state index in [1.165, 1.54) is 20.4 Å². The highest BCUT2D eigenvalue weighted by atomic mass is 31.2. The molecule has 1 aromatic heterocycles. The zero-order chi connectivity index (χ0) is 29.7. The normalized spacial score (nSPS) is 24.2. The van der Waals surface area contributed by atoms with Crippen LogP contribution in [0.4, 0.5) is 17.5 Å². The zero-order valence-electron chi connectivity index (χ0n) is 22.6. The third-order valence-corrected chi connectivity index (χ3v) is 7.82. The van der Waals surface area contributed by atoms with E-state index in [9.17, 15) is 19.6 Å². The van der Waals surface area contributed by atoms with Crippen LogP contribution in [0.25, 0.3) is 0 Å². The van der Waals surface area contributed by atoms with Gasteiger partial charge in [0.2, 0.25) is 11.8 Å². The van der Waals surface area contributed by atoms with Crippen molar-refractivity contribution in [2.24, 2.45) is 22.3 Å². The van der Waals surface area contributed by atoms with Crippen LogP contribution in [0.3, 0.4) is 0 Å². The number of carbonyl (C=O) groups is 1. The van der Waals surface area contributed by atoms with Crippen LogP contribution in [0.2, 0.25) is 0 Å². The maximum atomic E-state index is 13.1. The van der Waals surface area contributed by atoms with Crippen molar-refractivity contribution in [1.82, 2.24) is 15.1 Å². The number of anilines is 2. The fourth-order valence-electron chi connectivity index (χ4n) is 4.33. The first kappa shape index (κ1) is 31.4. The Morgan fingerprint density at radius 1 is 1.27 bits per heavy atom. The summed E-state index contributed by atoms with van der Waals surface area (Å²) in [6.45, 7) is 2.96. The monoisotopic (exact) mass is 581 g/mol. The summed E-state index contributed by atoms with van der Waals surface area (Å²) in [5, 5.41) is 24.8. The number of ether oxygens (including phenoxy) is 3. The van der Waals surface area contributed by atoms with Crippen LogP contribution in [0.15, 0.2) is 35.3 Å². The third kappa shape index (κ3) is 6.93. The number of aliphatic hydroxyl groups is 2. The molecule has 40 heavy (non-hydrogen) atoms. The van der Waals surface area contributed by atoms with Crippen LogP contribution in [-0.2, 0) is 23.4 Å². The number of nitrogens with zero attached hydrogens (tertiary/aromatic N) is 3. The largest absolute Gasteiger partial charge is 0.479 e. The Balaban J connectivity index is 1.70. The number of nitrogen functional groups attached to an aromatic ring is 2. The molecule has 0 radical (unpaired) electrons. The van der Waals surface area contributed by atoms with Gasteiger partial charge in [-0.2, -0.15) is 9.97 Å². The molecule has 9 N–H and O–H groups in total. The Hall–Kier alpha value is -3.17. The molecule has 0 spiro atoms. The van der Waals surface area contributed by atoms with Crippen molar-refractivity contribution >= 4 is 37.3 Å². The van der Waals surface area contributed by atoms with Gasteiger partial charge in [-0.15, -0.1) is 0 Å². The van der Waals surface area contributed by atoms with Crippen LogP contribution in [-0.4, -0.2) is 77.6 Å². The molecule has 3 rings (SSSR count). The molecular formula is C24H36N7O8P. The molecule has 2 aromatic rings. The second kappa shape index (κ2) is 13.0. The van der Waals surface area contributed by atoms with E-state index in [4.69, 9.17) is 35.7 Å². The van der Waals surface area contributed by atoms with Crippen LogP contribution >= 0.6 is 7.67 Å². The summed E-state index contributed by atoms with van der Waals surface area (Å²) in [5.74, 6) is -1.85. The van der Waals surface area contributed by atoms with Gasteiger partial charge >= 0.3 is 13.6 Å². The number of aromatic nitrogens is 2. The predicted octanol–water partition coefficient (Wildman–Crippen LogP) is 0.702. The first-order valence-electron chi connectivity index (χ1n) is 12.4. The van der Waals surface area contributed by atoms with Gasteiger partial charge in [-0.25, -0.2) is 15.4 Å². The van der Waals surface area contributed by atoms with Crippen molar-refractivity contribution in [1.29, 1.82) is 0 Å². The minimum atomic E-state index is -4.13. The number of aliphatic hydroxyl groups excluding tert-OH is 1. The summed E-state index contributed by atoms with van der Waals surface area (Å²) in [5.41, 5.74) is 16.2. The molecule has 1 fully saturated rings. The van der Waals surface area contributed by atoms with Gasteiger partial charge in [-0.3, -0.25) is 9.56 Å². The topological polar surface area (TPSA) is 240 Å². The Morgan fingerprint density at radius 2 is 1.95 bits per heavy atom. The first-order chi connectivity index (χ1) is 18.9. The molecule has 1 heterocycles. The highest BCUT2D eigenvalue weighted by Crippen LogP contribution is 2.53. The Kier molecular flexibility index (Phi) is 10.2. The molecule has 0 amide bonds. The lowest BCUT2D eigenvalue weighted by atomic mass is 10.0. The van der Waals surface area contributed by atoms with Gasteiger partial charge in [0.05, 0.1) is 20.3 Å². The van der Waals surface area contributed by atoms with E-state index in [1.54, 1.807) is 44.2 Å². The number of benzene rings is 1. The summed E-state index contributed by atoms with van der Waals surface area (Å²) in [6.07, 6.45) is -1.25. The molecule has 0 saturated heterocycles. The number of esters is 1. The molecule has 16 heteroatoms. The summed E-state index contributed by atoms with van der Waals surface area (Å²) in [7, 11) is -1.48. The summed E-state index contributed by atoms with van der Waals surface area (Å²) < 4.78 is 34.0. The molecule has 1 aliphatic rings. The lowest BCUT2D eigenvalue weighted by molar-refractivity contribution is -0.145. The number of hydrogen-bond acceptors (Lipinski definition) is 13. The van der Waals surface area contributed by atoms with Crippen molar-refractivity contribution in [3.63, 3.8) is 0 Å². The van der Waals surface area contributed by atoms with Gasteiger partial charge < -0.3 is 40.4 Å². The van der Waals surface area contributed by atoms with Gasteiger partial charge in [0, 0.05) is 19.2 Å². The standard InChI is InChI=1S/C24H36N7O8P/c1-5-38-22(33)17(14-9-7-6-8-10-14)31-40(27,35)39-12-16(36-3)19(32)24(34)13(2)15(24)11-28-18-20(25)29-23(26)30-21(18)37-4/h6-11,13,15-17,19,32,34H,5,12H2,1-4H3,(H3,27,31,35)(H4,25,26,29,30)/b28-11-. The highest BCUT2D eigenvalue weighted by molar-refractivity contribution is 7.54.